The summed E-state index contributed by atoms with van der Waals surface area (Å²) in [5.41, 5.74) is 0.539. The minimum atomic E-state index is -0.618. The number of ether oxygens (including phenoxy) is 3. The number of benzene rings is 2. The normalized spacial score (nSPS) is 10.5. The molecule has 0 saturated heterocycles. The average Bonchev–Trinajstić information content (AvgIpc) is 3.07. The summed E-state index contributed by atoms with van der Waals surface area (Å²) >= 11 is 0.962. The number of esters is 2. The topological polar surface area (TPSA) is 90.9 Å². The first kappa shape index (κ1) is 21.3. The van der Waals surface area contributed by atoms with Crippen LogP contribution in [0.15, 0.2) is 42.5 Å². The van der Waals surface area contributed by atoms with Crippen molar-refractivity contribution in [2.45, 2.75) is 13.8 Å². The minimum absolute atomic E-state index is 0.140. The molecule has 0 saturated carbocycles. The third kappa shape index (κ3) is 4.60. The molecule has 0 fully saturated rings. The maximum Gasteiger partial charge on any atom is 0.348 e. The molecule has 1 N–H and O–H groups in total. The van der Waals surface area contributed by atoms with Gasteiger partial charge >= 0.3 is 11.9 Å². The van der Waals surface area contributed by atoms with Gasteiger partial charge in [0, 0.05) is 0 Å². The molecular formula is C22H21NO6S. The summed E-state index contributed by atoms with van der Waals surface area (Å²) in [4.78, 5) is 37.0. The monoisotopic (exact) mass is 427 g/mol. The maximum atomic E-state index is 12.4. The van der Waals surface area contributed by atoms with Gasteiger partial charge in [-0.2, -0.15) is 0 Å². The molecule has 0 unspecified atom stereocenters. The van der Waals surface area contributed by atoms with Crippen molar-refractivity contribution in [2.75, 3.05) is 25.6 Å². The second kappa shape index (κ2) is 9.41. The molecule has 3 aromatic rings. The zero-order valence-electron chi connectivity index (χ0n) is 16.8. The van der Waals surface area contributed by atoms with Crippen LogP contribution in [-0.2, 0) is 14.3 Å². The van der Waals surface area contributed by atoms with Gasteiger partial charge in [-0.25, -0.2) is 9.59 Å². The quantitative estimate of drug-likeness (QED) is 0.569. The molecule has 0 aliphatic rings. The number of methoxy groups -OCH3 is 1. The van der Waals surface area contributed by atoms with Gasteiger partial charge in [0.05, 0.1) is 19.3 Å². The van der Waals surface area contributed by atoms with Crippen molar-refractivity contribution in [2.24, 2.45) is 0 Å². The largest absolute Gasteiger partial charge is 0.484 e. The molecule has 1 heterocycles. The van der Waals surface area contributed by atoms with Gasteiger partial charge in [0.15, 0.2) is 6.61 Å². The van der Waals surface area contributed by atoms with E-state index in [4.69, 9.17) is 14.2 Å². The summed E-state index contributed by atoms with van der Waals surface area (Å²) in [6, 6.07) is 13.3. The number of rotatable bonds is 7. The fraction of sp³-hybridized carbons (Fsp3) is 0.227. The van der Waals surface area contributed by atoms with Crippen LogP contribution in [0.5, 0.6) is 5.75 Å². The Morgan fingerprint density at radius 2 is 1.77 bits per heavy atom. The number of nitrogens with one attached hydrogen (secondary N) is 1. The molecule has 0 radical (unpaired) electrons. The summed E-state index contributed by atoms with van der Waals surface area (Å²) in [6.45, 7) is 3.19. The molecule has 30 heavy (non-hydrogen) atoms. The fourth-order valence-corrected chi connectivity index (χ4v) is 4.04. The Labute approximate surface area is 177 Å². The van der Waals surface area contributed by atoms with Gasteiger partial charge in [-0.05, 0) is 42.3 Å². The van der Waals surface area contributed by atoms with Gasteiger partial charge in [0.1, 0.15) is 15.6 Å². The SMILES string of the molecule is CCOC(=O)c1c(NC(=O)COc2ccc3ccccc3c2)sc(C(=O)OC)c1C. The maximum absolute atomic E-state index is 12.4. The number of amides is 1. The van der Waals surface area contributed by atoms with Crippen LogP contribution in [0.1, 0.15) is 32.5 Å². The first-order valence-electron chi connectivity index (χ1n) is 9.24. The van der Waals surface area contributed by atoms with Crippen molar-refractivity contribution in [1.82, 2.24) is 0 Å². The van der Waals surface area contributed by atoms with E-state index in [2.05, 4.69) is 5.32 Å². The molecule has 156 valence electrons. The van der Waals surface area contributed by atoms with E-state index in [1.807, 2.05) is 36.4 Å². The van der Waals surface area contributed by atoms with Gasteiger partial charge in [0.25, 0.3) is 5.91 Å². The van der Waals surface area contributed by atoms with E-state index in [-0.39, 0.29) is 28.7 Å². The van der Waals surface area contributed by atoms with Gasteiger partial charge in [-0.1, -0.05) is 30.3 Å². The molecule has 0 spiro atoms. The van der Waals surface area contributed by atoms with Crippen molar-refractivity contribution >= 4 is 45.0 Å². The van der Waals surface area contributed by atoms with Gasteiger partial charge < -0.3 is 19.5 Å². The van der Waals surface area contributed by atoms with Gasteiger partial charge in [0.2, 0.25) is 0 Å². The molecule has 0 aliphatic carbocycles. The number of fused-ring (bicyclic) bond motifs is 1. The number of thiophene rings is 1. The molecular weight excluding hydrogens is 406 g/mol. The third-order valence-corrected chi connectivity index (χ3v) is 5.53. The van der Waals surface area contributed by atoms with Crippen molar-refractivity contribution in [3.05, 3.63) is 58.5 Å². The Kier molecular flexibility index (Phi) is 6.68. The van der Waals surface area contributed by atoms with E-state index in [0.29, 0.717) is 11.3 Å². The molecule has 1 amide bonds. The van der Waals surface area contributed by atoms with Crippen LogP contribution in [0.2, 0.25) is 0 Å². The molecule has 7 nitrogen and oxygen atoms in total. The van der Waals surface area contributed by atoms with Crippen molar-refractivity contribution in [1.29, 1.82) is 0 Å². The van der Waals surface area contributed by atoms with E-state index >= 15 is 0 Å². The van der Waals surface area contributed by atoms with Crippen molar-refractivity contribution < 1.29 is 28.6 Å². The summed E-state index contributed by atoms with van der Waals surface area (Å²) in [7, 11) is 1.25. The lowest BCUT2D eigenvalue weighted by Gasteiger charge is -2.09. The minimum Gasteiger partial charge on any atom is -0.484 e. The van der Waals surface area contributed by atoms with Crippen LogP contribution >= 0.6 is 11.3 Å². The van der Waals surface area contributed by atoms with E-state index in [1.165, 1.54) is 7.11 Å². The van der Waals surface area contributed by atoms with Crippen LogP contribution in [0.25, 0.3) is 10.8 Å². The van der Waals surface area contributed by atoms with Gasteiger partial charge in [-0.3, -0.25) is 4.79 Å². The Morgan fingerprint density at radius 3 is 2.47 bits per heavy atom. The highest BCUT2D eigenvalue weighted by atomic mass is 32.1. The highest BCUT2D eigenvalue weighted by Gasteiger charge is 2.27. The molecule has 0 bridgehead atoms. The fourth-order valence-electron chi connectivity index (χ4n) is 2.91. The Balaban J connectivity index is 1.76. The number of carbonyl (C=O) groups is 3. The van der Waals surface area contributed by atoms with Crippen LogP contribution < -0.4 is 10.1 Å². The summed E-state index contributed by atoms with van der Waals surface area (Å²) in [6.07, 6.45) is 0. The van der Waals surface area contributed by atoms with Gasteiger partial charge in [-0.15, -0.1) is 11.3 Å². The lowest BCUT2D eigenvalue weighted by atomic mass is 10.1. The summed E-state index contributed by atoms with van der Waals surface area (Å²) in [5, 5.41) is 4.93. The number of hydrogen-bond donors (Lipinski definition) is 1. The van der Waals surface area contributed by atoms with E-state index < -0.39 is 17.8 Å². The van der Waals surface area contributed by atoms with Crippen LogP contribution in [-0.4, -0.2) is 38.2 Å². The van der Waals surface area contributed by atoms with Crippen LogP contribution in [0.4, 0.5) is 5.00 Å². The molecule has 1 aromatic heterocycles. The smallest absolute Gasteiger partial charge is 0.348 e. The standard InChI is InChI=1S/C22H21NO6S/c1-4-28-21(25)18-13(2)19(22(26)27-3)30-20(18)23-17(24)12-29-16-10-9-14-7-5-6-8-15(14)11-16/h5-11H,4,12H2,1-3H3,(H,23,24). The van der Waals surface area contributed by atoms with Crippen LogP contribution in [0.3, 0.4) is 0 Å². The Bertz CT molecular complexity index is 1100. The first-order valence-corrected chi connectivity index (χ1v) is 10.1. The molecule has 8 heteroatoms. The highest BCUT2D eigenvalue weighted by molar-refractivity contribution is 7.18. The molecule has 0 atom stereocenters. The van der Waals surface area contributed by atoms with E-state index in [9.17, 15) is 14.4 Å². The number of carbonyl (C=O) groups excluding carboxylic acids is 3. The predicted molar refractivity (Wildman–Crippen MR) is 114 cm³/mol. The number of anilines is 1. The Hall–Kier alpha value is -3.39. The molecule has 2 aromatic carbocycles. The van der Waals surface area contributed by atoms with E-state index in [0.717, 1.165) is 22.1 Å². The second-order valence-electron chi connectivity index (χ2n) is 6.32. The van der Waals surface area contributed by atoms with Crippen molar-refractivity contribution in [3.63, 3.8) is 0 Å². The lowest BCUT2D eigenvalue weighted by molar-refractivity contribution is -0.118. The lowest BCUT2D eigenvalue weighted by Crippen LogP contribution is -2.21. The zero-order valence-corrected chi connectivity index (χ0v) is 17.6. The predicted octanol–water partition coefficient (Wildman–Crippen LogP) is 4.19. The van der Waals surface area contributed by atoms with E-state index in [1.54, 1.807) is 19.9 Å². The highest BCUT2D eigenvalue weighted by Crippen LogP contribution is 2.34. The first-order chi connectivity index (χ1) is 14.4. The number of hydrogen-bond acceptors (Lipinski definition) is 7. The van der Waals surface area contributed by atoms with Crippen molar-refractivity contribution in [3.8, 4) is 5.75 Å². The Morgan fingerprint density at radius 1 is 1.03 bits per heavy atom. The molecule has 3 rings (SSSR count). The van der Waals surface area contributed by atoms with Crippen LogP contribution in [0, 0.1) is 6.92 Å². The average molecular weight is 427 g/mol. The second-order valence-corrected chi connectivity index (χ2v) is 7.34. The third-order valence-electron chi connectivity index (χ3n) is 4.34. The summed E-state index contributed by atoms with van der Waals surface area (Å²) in [5.74, 6) is -1.12. The molecule has 0 aliphatic heterocycles. The summed E-state index contributed by atoms with van der Waals surface area (Å²) < 4.78 is 15.4. The zero-order chi connectivity index (χ0) is 21.7.